The second-order valence-corrected chi connectivity index (χ2v) is 5.46. The lowest BCUT2D eigenvalue weighted by molar-refractivity contribution is -0.136. The Balaban J connectivity index is 1.98. The molecule has 102 valence electrons. The van der Waals surface area contributed by atoms with Crippen molar-refractivity contribution in [2.45, 2.75) is 50.6 Å². The van der Waals surface area contributed by atoms with Crippen LogP contribution in [0.15, 0.2) is 0 Å². The number of nitrogens with one attached hydrogen (secondary N) is 1. The first-order valence-corrected chi connectivity index (χ1v) is 6.89. The zero-order valence-electron chi connectivity index (χ0n) is 11.0. The standard InChI is InChI=1S/C13H23N3O2/c1-16(11-5-3-2-4-9(11)8-14)13(18)10-6-7-12(17)15-10/h9-11H,2-8,14H2,1H3,(H,15,17)/t9?,10-,11?/m0/s1. The Labute approximate surface area is 108 Å². The summed E-state index contributed by atoms with van der Waals surface area (Å²) in [4.78, 5) is 25.3. The van der Waals surface area contributed by atoms with Gasteiger partial charge in [-0.25, -0.2) is 0 Å². The first-order chi connectivity index (χ1) is 8.63. The summed E-state index contributed by atoms with van der Waals surface area (Å²) in [6, 6.07) is -0.0726. The Morgan fingerprint density at radius 3 is 2.72 bits per heavy atom. The van der Waals surface area contributed by atoms with E-state index in [4.69, 9.17) is 5.73 Å². The Bertz CT molecular complexity index is 332. The Kier molecular flexibility index (Phi) is 4.22. The molecule has 0 aromatic heterocycles. The molecule has 1 aliphatic heterocycles. The summed E-state index contributed by atoms with van der Waals surface area (Å²) in [5.74, 6) is 0.441. The van der Waals surface area contributed by atoms with Crippen LogP contribution in [0.4, 0.5) is 0 Å². The van der Waals surface area contributed by atoms with E-state index in [2.05, 4.69) is 5.32 Å². The van der Waals surface area contributed by atoms with Crippen LogP contribution in [0.2, 0.25) is 0 Å². The number of hydrogen-bond acceptors (Lipinski definition) is 3. The van der Waals surface area contributed by atoms with Crippen LogP contribution in [-0.4, -0.2) is 42.4 Å². The largest absolute Gasteiger partial charge is 0.344 e. The van der Waals surface area contributed by atoms with Crippen molar-refractivity contribution in [3.05, 3.63) is 0 Å². The van der Waals surface area contributed by atoms with Crippen LogP contribution in [0.3, 0.4) is 0 Å². The molecule has 5 nitrogen and oxygen atoms in total. The molecule has 1 saturated carbocycles. The van der Waals surface area contributed by atoms with Crippen LogP contribution in [0.25, 0.3) is 0 Å². The number of amides is 2. The fourth-order valence-electron chi connectivity index (χ4n) is 3.18. The molecule has 1 aliphatic carbocycles. The Hall–Kier alpha value is -1.10. The number of likely N-dealkylation sites (N-methyl/N-ethyl adjacent to an activating group) is 1. The van der Waals surface area contributed by atoms with Crippen molar-refractivity contribution in [1.82, 2.24) is 10.2 Å². The molecule has 18 heavy (non-hydrogen) atoms. The van der Waals surface area contributed by atoms with Gasteiger partial charge in [-0.05, 0) is 31.7 Å². The van der Waals surface area contributed by atoms with Crippen LogP contribution in [0.1, 0.15) is 38.5 Å². The molecule has 0 bridgehead atoms. The van der Waals surface area contributed by atoms with Crippen LogP contribution in [0, 0.1) is 5.92 Å². The number of carbonyl (C=O) groups excluding carboxylic acids is 2. The second-order valence-electron chi connectivity index (χ2n) is 5.46. The van der Waals surface area contributed by atoms with Crippen molar-refractivity contribution < 1.29 is 9.59 Å². The highest BCUT2D eigenvalue weighted by Gasteiger charge is 2.35. The quantitative estimate of drug-likeness (QED) is 0.756. The molecule has 2 rings (SSSR count). The minimum Gasteiger partial charge on any atom is -0.344 e. The molecular formula is C13H23N3O2. The lowest BCUT2D eigenvalue weighted by Crippen LogP contribution is -2.51. The SMILES string of the molecule is CN(C(=O)[C@@H]1CCC(=O)N1)C1CCCCC1CN. The van der Waals surface area contributed by atoms with Gasteiger partial charge in [0.25, 0.3) is 0 Å². The van der Waals surface area contributed by atoms with Gasteiger partial charge in [0.2, 0.25) is 11.8 Å². The average molecular weight is 253 g/mol. The monoisotopic (exact) mass is 253 g/mol. The van der Waals surface area contributed by atoms with Gasteiger partial charge in [0.1, 0.15) is 6.04 Å². The van der Waals surface area contributed by atoms with Gasteiger partial charge in [-0.2, -0.15) is 0 Å². The summed E-state index contributed by atoms with van der Waals surface area (Å²) < 4.78 is 0. The summed E-state index contributed by atoms with van der Waals surface area (Å²) in [5, 5.41) is 2.75. The maximum atomic E-state index is 12.3. The summed E-state index contributed by atoms with van der Waals surface area (Å²) in [7, 11) is 1.85. The molecule has 2 unspecified atom stereocenters. The third kappa shape index (κ3) is 2.66. The summed E-state index contributed by atoms with van der Waals surface area (Å²) in [5.41, 5.74) is 5.80. The van der Waals surface area contributed by atoms with Crippen molar-refractivity contribution in [3.63, 3.8) is 0 Å². The zero-order valence-corrected chi connectivity index (χ0v) is 11.0. The minimum atomic E-state index is -0.317. The first-order valence-electron chi connectivity index (χ1n) is 6.89. The van der Waals surface area contributed by atoms with Gasteiger partial charge >= 0.3 is 0 Å². The highest BCUT2D eigenvalue weighted by molar-refractivity contribution is 5.90. The van der Waals surface area contributed by atoms with Gasteiger partial charge in [-0.15, -0.1) is 0 Å². The van der Waals surface area contributed by atoms with E-state index >= 15 is 0 Å². The lowest BCUT2D eigenvalue weighted by Gasteiger charge is -2.38. The molecule has 3 N–H and O–H groups in total. The predicted molar refractivity (Wildman–Crippen MR) is 68.7 cm³/mol. The highest BCUT2D eigenvalue weighted by atomic mass is 16.2. The Morgan fingerprint density at radius 2 is 2.11 bits per heavy atom. The molecule has 2 aliphatic rings. The van der Waals surface area contributed by atoms with Gasteiger partial charge in [0, 0.05) is 19.5 Å². The third-order valence-electron chi connectivity index (χ3n) is 4.31. The number of hydrogen-bond donors (Lipinski definition) is 2. The van der Waals surface area contributed by atoms with Crippen LogP contribution in [-0.2, 0) is 9.59 Å². The van der Waals surface area contributed by atoms with Gasteiger partial charge in [0.05, 0.1) is 0 Å². The topological polar surface area (TPSA) is 75.4 Å². The fourth-order valence-corrected chi connectivity index (χ4v) is 3.18. The summed E-state index contributed by atoms with van der Waals surface area (Å²) in [6.45, 7) is 0.638. The third-order valence-corrected chi connectivity index (χ3v) is 4.31. The van der Waals surface area contributed by atoms with E-state index in [1.165, 1.54) is 6.42 Å². The normalized spacial score (nSPS) is 32.1. The zero-order chi connectivity index (χ0) is 13.1. The molecule has 1 heterocycles. The minimum absolute atomic E-state index is 0.0132. The molecule has 2 amide bonds. The predicted octanol–water partition coefficient (Wildman–Crippen LogP) is 0.241. The molecule has 2 fully saturated rings. The van der Waals surface area contributed by atoms with Crippen molar-refractivity contribution in [2.24, 2.45) is 11.7 Å². The van der Waals surface area contributed by atoms with Gasteiger partial charge in [0.15, 0.2) is 0 Å². The summed E-state index contributed by atoms with van der Waals surface area (Å²) >= 11 is 0. The van der Waals surface area contributed by atoms with Crippen molar-refractivity contribution in [3.8, 4) is 0 Å². The Morgan fingerprint density at radius 1 is 1.39 bits per heavy atom. The number of rotatable bonds is 3. The van der Waals surface area contributed by atoms with E-state index in [1.807, 2.05) is 11.9 Å². The molecule has 0 spiro atoms. The fraction of sp³-hybridized carbons (Fsp3) is 0.846. The molecule has 0 aromatic carbocycles. The second kappa shape index (κ2) is 5.69. The summed E-state index contributed by atoms with van der Waals surface area (Å²) in [6.07, 6.45) is 5.61. The van der Waals surface area contributed by atoms with E-state index in [0.29, 0.717) is 25.3 Å². The first kappa shape index (κ1) is 13.3. The molecular weight excluding hydrogens is 230 g/mol. The molecule has 0 radical (unpaired) electrons. The molecule has 3 atom stereocenters. The maximum Gasteiger partial charge on any atom is 0.245 e. The van der Waals surface area contributed by atoms with Crippen LogP contribution in [0.5, 0.6) is 0 Å². The van der Waals surface area contributed by atoms with E-state index in [0.717, 1.165) is 19.3 Å². The number of carbonyl (C=O) groups is 2. The number of nitrogens with zero attached hydrogens (tertiary/aromatic N) is 1. The van der Waals surface area contributed by atoms with Crippen LogP contribution >= 0.6 is 0 Å². The van der Waals surface area contributed by atoms with Crippen LogP contribution < -0.4 is 11.1 Å². The van der Waals surface area contributed by atoms with Gasteiger partial charge < -0.3 is 16.0 Å². The van der Waals surface area contributed by atoms with Gasteiger partial charge in [-0.3, -0.25) is 9.59 Å². The van der Waals surface area contributed by atoms with E-state index in [-0.39, 0.29) is 23.9 Å². The maximum absolute atomic E-state index is 12.3. The van der Waals surface area contributed by atoms with Gasteiger partial charge in [-0.1, -0.05) is 12.8 Å². The van der Waals surface area contributed by atoms with E-state index in [1.54, 1.807) is 0 Å². The highest BCUT2D eigenvalue weighted by Crippen LogP contribution is 2.28. The lowest BCUT2D eigenvalue weighted by atomic mass is 9.83. The number of nitrogens with two attached hydrogens (primary N) is 1. The molecule has 0 aromatic rings. The molecule has 5 heteroatoms. The van der Waals surface area contributed by atoms with E-state index in [9.17, 15) is 9.59 Å². The van der Waals surface area contributed by atoms with Crippen molar-refractivity contribution in [1.29, 1.82) is 0 Å². The average Bonchev–Trinajstić information content (AvgIpc) is 2.83. The molecule has 1 saturated heterocycles. The van der Waals surface area contributed by atoms with Crippen molar-refractivity contribution >= 4 is 11.8 Å². The van der Waals surface area contributed by atoms with Crippen molar-refractivity contribution in [2.75, 3.05) is 13.6 Å². The van der Waals surface area contributed by atoms with E-state index < -0.39 is 0 Å². The smallest absolute Gasteiger partial charge is 0.245 e.